The number of aryl methyl sites for hydroxylation is 3. The lowest BCUT2D eigenvalue weighted by molar-refractivity contribution is 0.527. The number of halogens is 1. The number of hydrogen-bond acceptors (Lipinski definition) is 3. The minimum absolute atomic E-state index is 0.207. The molecule has 1 N–H and O–H groups in total. The van der Waals surface area contributed by atoms with Crippen LogP contribution in [0.3, 0.4) is 0 Å². The van der Waals surface area contributed by atoms with Gasteiger partial charge in [0.05, 0.1) is 5.69 Å². The second-order valence-electron chi connectivity index (χ2n) is 5.42. The van der Waals surface area contributed by atoms with Crippen LogP contribution in [-0.4, -0.2) is 21.3 Å². The minimum Gasteiger partial charge on any atom is -0.310 e. The lowest BCUT2D eigenvalue weighted by Crippen LogP contribution is -2.24. The maximum absolute atomic E-state index is 6.36. The fourth-order valence-electron chi connectivity index (χ4n) is 2.42. The molecule has 0 aromatic carbocycles. The number of nitrogens with one attached hydrogen (secondary N) is 1. The van der Waals surface area contributed by atoms with Crippen LogP contribution in [0.2, 0.25) is 5.15 Å². The normalized spacial score (nSPS) is 12.6. The predicted octanol–water partition coefficient (Wildman–Crippen LogP) is 3.37. The van der Waals surface area contributed by atoms with Gasteiger partial charge in [-0.3, -0.25) is 9.67 Å². The van der Waals surface area contributed by atoms with Gasteiger partial charge in [-0.05, 0) is 44.9 Å². The Bertz CT molecular complexity index is 589. The predicted molar refractivity (Wildman–Crippen MR) is 86.7 cm³/mol. The number of aromatic nitrogens is 3. The number of rotatable bonds is 6. The van der Waals surface area contributed by atoms with E-state index in [0.29, 0.717) is 0 Å². The van der Waals surface area contributed by atoms with Crippen molar-refractivity contribution in [1.82, 2.24) is 20.1 Å². The zero-order chi connectivity index (χ0) is 15.4. The molecule has 5 heteroatoms. The molecule has 0 amide bonds. The Morgan fingerprint density at radius 2 is 2.10 bits per heavy atom. The van der Waals surface area contributed by atoms with Crippen molar-refractivity contribution in [2.24, 2.45) is 7.05 Å². The lowest BCUT2D eigenvalue weighted by Gasteiger charge is -2.19. The van der Waals surface area contributed by atoms with Gasteiger partial charge in [0, 0.05) is 30.5 Å². The highest BCUT2D eigenvalue weighted by Gasteiger charge is 2.18. The van der Waals surface area contributed by atoms with Crippen LogP contribution >= 0.6 is 11.6 Å². The first-order chi connectivity index (χ1) is 10.0. The van der Waals surface area contributed by atoms with E-state index in [4.69, 9.17) is 11.6 Å². The van der Waals surface area contributed by atoms with E-state index >= 15 is 0 Å². The summed E-state index contributed by atoms with van der Waals surface area (Å²) in [6.07, 6.45) is 3.86. The summed E-state index contributed by atoms with van der Waals surface area (Å²) in [6.45, 7) is 7.14. The van der Waals surface area contributed by atoms with Gasteiger partial charge in [-0.25, -0.2) is 0 Å². The molecular weight excluding hydrogens is 284 g/mol. The summed E-state index contributed by atoms with van der Waals surface area (Å²) >= 11 is 6.36. The zero-order valence-electron chi connectivity index (χ0n) is 13.2. The van der Waals surface area contributed by atoms with Crippen LogP contribution in [0.25, 0.3) is 0 Å². The SMILES string of the molecule is CCCNC(Cc1c(C)nn(C)c1Cl)c1ccc(C)nc1. The standard InChI is InChI=1S/C16H23ClN4/c1-5-8-18-15(13-7-6-11(2)19-10-13)9-14-12(3)20-21(4)16(14)17/h6-7,10,15,18H,5,8-9H2,1-4H3. The molecule has 0 radical (unpaired) electrons. The molecule has 1 atom stereocenters. The third-order valence-electron chi connectivity index (χ3n) is 3.66. The fraction of sp³-hybridized carbons (Fsp3) is 0.500. The molecule has 0 bridgehead atoms. The third kappa shape index (κ3) is 3.83. The third-order valence-corrected chi connectivity index (χ3v) is 4.13. The molecule has 114 valence electrons. The maximum atomic E-state index is 6.36. The summed E-state index contributed by atoms with van der Waals surface area (Å²) in [4.78, 5) is 4.41. The van der Waals surface area contributed by atoms with Crippen LogP contribution in [0.5, 0.6) is 0 Å². The van der Waals surface area contributed by atoms with Crippen molar-refractivity contribution in [3.05, 3.63) is 46.0 Å². The second kappa shape index (κ2) is 7.05. The van der Waals surface area contributed by atoms with Crippen molar-refractivity contribution in [3.8, 4) is 0 Å². The number of nitrogens with zero attached hydrogens (tertiary/aromatic N) is 3. The van der Waals surface area contributed by atoms with Gasteiger partial charge in [0.1, 0.15) is 5.15 Å². The maximum Gasteiger partial charge on any atom is 0.130 e. The highest BCUT2D eigenvalue weighted by molar-refractivity contribution is 6.30. The van der Waals surface area contributed by atoms with E-state index in [0.717, 1.165) is 41.5 Å². The van der Waals surface area contributed by atoms with Gasteiger partial charge >= 0.3 is 0 Å². The summed E-state index contributed by atoms with van der Waals surface area (Å²) < 4.78 is 1.73. The molecule has 0 saturated heterocycles. The van der Waals surface area contributed by atoms with E-state index in [-0.39, 0.29) is 6.04 Å². The number of hydrogen-bond donors (Lipinski definition) is 1. The summed E-state index contributed by atoms with van der Waals surface area (Å²) in [7, 11) is 1.88. The van der Waals surface area contributed by atoms with Gasteiger partial charge in [0.25, 0.3) is 0 Å². The molecule has 4 nitrogen and oxygen atoms in total. The lowest BCUT2D eigenvalue weighted by atomic mass is 10.0. The van der Waals surface area contributed by atoms with E-state index in [1.54, 1.807) is 4.68 Å². The van der Waals surface area contributed by atoms with Gasteiger partial charge in [0.15, 0.2) is 0 Å². The average molecular weight is 307 g/mol. The first kappa shape index (κ1) is 16.0. The smallest absolute Gasteiger partial charge is 0.130 e. The van der Waals surface area contributed by atoms with Gasteiger partial charge in [-0.15, -0.1) is 0 Å². The Morgan fingerprint density at radius 1 is 1.33 bits per heavy atom. The first-order valence-corrected chi connectivity index (χ1v) is 7.74. The molecule has 0 saturated carbocycles. The molecule has 0 aliphatic rings. The number of pyridine rings is 1. The van der Waals surface area contributed by atoms with Crippen LogP contribution in [0.4, 0.5) is 0 Å². The van der Waals surface area contributed by atoms with Gasteiger partial charge in [-0.1, -0.05) is 24.6 Å². The Labute approximate surface area is 131 Å². The van der Waals surface area contributed by atoms with E-state index in [2.05, 4.69) is 28.4 Å². The second-order valence-corrected chi connectivity index (χ2v) is 5.78. The van der Waals surface area contributed by atoms with Crippen molar-refractivity contribution in [1.29, 1.82) is 0 Å². The van der Waals surface area contributed by atoms with E-state index in [1.165, 1.54) is 5.56 Å². The zero-order valence-corrected chi connectivity index (χ0v) is 13.9. The van der Waals surface area contributed by atoms with Crippen molar-refractivity contribution < 1.29 is 0 Å². The molecule has 0 aliphatic carbocycles. The Balaban J connectivity index is 2.25. The summed E-state index contributed by atoms with van der Waals surface area (Å²) in [5.41, 5.74) is 4.32. The van der Waals surface area contributed by atoms with Gasteiger partial charge in [-0.2, -0.15) is 5.10 Å². The van der Waals surface area contributed by atoms with Gasteiger partial charge in [0.2, 0.25) is 0 Å². The van der Waals surface area contributed by atoms with Crippen molar-refractivity contribution >= 4 is 11.6 Å². The van der Waals surface area contributed by atoms with Crippen LogP contribution in [0, 0.1) is 13.8 Å². The highest BCUT2D eigenvalue weighted by atomic mass is 35.5. The monoisotopic (exact) mass is 306 g/mol. The van der Waals surface area contributed by atoms with E-state index in [1.807, 2.05) is 33.2 Å². The quantitative estimate of drug-likeness (QED) is 0.890. The fourth-order valence-corrected chi connectivity index (χ4v) is 2.67. The molecule has 1 unspecified atom stereocenters. The largest absolute Gasteiger partial charge is 0.310 e. The molecule has 0 aliphatic heterocycles. The Kier molecular flexibility index (Phi) is 5.37. The van der Waals surface area contributed by atoms with E-state index < -0.39 is 0 Å². The van der Waals surface area contributed by atoms with Crippen LogP contribution in [0.15, 0.2) is 18.3 Å². The molecule has 21 heavy (non-hydrogen) atoms. The molecule has 2 rings (SSSR count). The summed E-state index contributed by atoms with van der Waals surface area (Å²) in [6, 6.07) is 4.39. The summed E-state index contributed by atoms with van der Waals surface area (Å²) in [5, 5.41) is 8.69. The molecule has 2 aromatic heterocycles. The van der Waals surface area contributed by atoms with Crippen molar-refractivity contribution in [3.63, 3.8) is 0 Å². The molecule has 0 spiro atoms. The minimum atomic E-state index is 0.207. The van der Waals surface area contributed by atoms with Crippen molar-refractivity contribution in [2.75, 3.05) is 6.54 Å². The molecule has 2 aromatic rings. The Hall–Kier alpha value is -1.39. The van der Waals surface area contributed by atoms with Crippen LogP contribution < -0.4 is 5.32 Å². The van der Waals surface area contributed by atoms with Crippen LogP contribution in [0.1, 0.15) is 41.9 Å². The Morgan fingerprint density at radius 3 is 2.62 bits per heavy atom. The topological polar surface area (TPSA) is 42.7 Å². The molecule has 0 fully saturated rings. The first-order valence-electron chi connectivity index (χ1n) is 7.36. The highest BCUT2D eigenvalue weighted by Crippen LogP contribution is 2.25. The summed E-state index contributed by atoms with van der Waals surface area (Å²) in [5.74, 6) is 0. The average Bonchev–Trinajstić information content (AvgIpc) is 2.70. The van der Waals surface area contributed by atoms with Crippen LogP contribution in [-0.2, 0) is 13.5 Å². The van der Waals surface area contributed by atoms with Crippen molar-refractivity contribution in [2.45, 2.75) is 39.7 Å². The molecular formula is C16H23ClN4. The van der Waals surface area contributed by atoms with E-state index in [9.17, 15) is 0 Å². The molecule has 2 heterocycles. The van der Waals surface area contributed by atoms with Gasteiger partial charge < -0.3 is 5.32 Å².